The molecule has 2 N–H and O–H groups in total. The van der Waals surface area contributed by atoms with Crippen LogP contribution in [0.4, 0.5) is 0 Å². The molecule has 0 amide bonds. The van der Waals surface area contributed by atoms with E-state index in [9.17, 15) is 0 Å². The molecule has 4 nitrogen and oxygen atoms in total. The second-order valence-electron chi connectivity index (χ2n) is 3.55. The Balaban J connectivity index is 2.17. The molecule has 0 aliphatic rings. The second kappa shape index (κ2) is 5.25. The molecule has 0 aliphatic carbocycles. The molecule has 5 heteroatoms. The van der Waals surface area contributed by atoms with Crippen molar-refractivity contribution in [3.63, 3.8) is 0 Å². The summed E-state index contributed by atoms with van der Waals surface area (Å²) in [5.74, 6) is 0. The van der Waals surface area contributed by atoms with E-state index in [-0.39, 0.29) is 6.61 Å². The normalized spacial score (nSPS) is 10.9. The van der Waals surface area contributed by atoms with Gasteiger partial charge in [0.15, 0.2) is 0 Å². The molecule has 0 saturated carbocycles. The number of aryl methyl sites for hydroxylation is 1. The van der Waals surface area contributed by atoms with E-state index in [2.05, 4.69) is 21.9 Å². The number of aromatic nitrogens is 2. The van der Waals surface area contributed by atoms with Crippen LogP contribution < -0.4 is 5.32 Å². The van der Waals surface area contributed by atoms with E-state index in [1.165, 1.54) is 10.4 Å². The van der Waals surface area contributed by atoms with Crippen LogP contribution in [0.2, 0.25) is 0 Å². The van der Waals surface area contributed by atoms with E-state index in [0.717, 1.165) is 12.2 Å². The standard InChI is InChI=1S/C11H15N3OS/c1-14-8-9(7-12-4-5-15)11(13-14)10-3-2-6-16-10/h2-3,6,8,12,15H,4-5,7H2,1H3. The first kappa shape index (κ1) is 11.3. The van der Waals surface area contributed by atoms with E-state index >= 15 is 0 Å². The molecule has 0 fully saturated rings. The third kappa shape index (κ3) is 2.49. The van der Waals surface area contributed by atoms with Crippen molar-refractivity contribution in [2.75, 3.05) is 13.2 Å². The number of aliphatic hydroxyl groups is 1. The van der Waals surface area contributed by atoms with Crippen molar-refractivity contribution < 1.29 is 5.11 Å². The number of nitrogens with one attached hydrogen (secondary N) is 1. The van der Waals surface area contributed by atoms with Crippen molar-refractivity contribution in [2.24, 2.45) is 7.05 Å². The Morgan fingerprint density at radius 2 is 2.44 bits per heavy atom. The molecule has 2 aromatic rings. The lowest BCUT2D eigenvalue weighted by Crippen LogP contribution is -2.17. The molecule has 2 heterocycles. The Labute approximate surface area is 98.5 Å². The summed E-state index contributed by atoms with van der Waals surface area (Å²) in [6.45, 7) is 1.51. The maximum absolute atomic E-state index is 8.72. The van der Waals surface area contributed by atoms with Crippen molar-refractivity contribution in [1.29, 1.82) is 0 Å². The first-order chi connectivity index (χ1) is 7.81. The fourth-order valence-corrected chi connectivity index (χ4v) is 2.33. The van der Waals surface area contributed by atoms with Gasteiger partial charge in [0.05, 0.1) is 11.5 Å². The molecule has 2 aromatic heterocycles. The number of aliphatic hydroxyl groups excluding tert-OH is 1. The van der Waals surface area contributed by atoms with Crippen LogP contribution >= 0.6 is 11.3 Å². The predicted octanol–water partition coefficient (Wildman–Crippen LogP) is 1.23. The zero-order valence-electron chi connectivity index (χ0n) is 9.18. The zero-order valence-corrected chi connectivity index (χ0v) is 10.00. The highest BCUT2D eigenvalue weighted by atomic mass is 32.1. The number of hydrogen-bond donors (Lipinski definition) is 2. The van der Waals surface area contributed by atoms with Gasteiger partial charge in [0.1, 0.15) is 5.69 Å². The van der Waals surface area contributed by atoms with Gasteiger partial charge < -0.3 is 10.4 Å². The summed E-state index contributed by atoms with van der Waals surface area (Å²) in [6.07, 6.45) is 2.01. The average molecular weight is 237 g/mol. The minimum absolute atomic E-state index is 0.161. The summed E-state index contributed by atoms with van der Waals surface area (Å²) >= 11 is 1.69. The van der Waals surface area contributed by atoms with Crippen LogP contribution in [-0.2, 0) is 13.6 Å². The van der Waals surface area contributed by atoms with Crippen molar-refractivity contribution >= 4 is 11.3 Å². The van der Waals surface area contributed by atoms with Crippen LogP contribution in [0.15, 0.2) is 23.7 Å². The lowest BCUT2D eigenvalue weighted by atomic mass is 10.2. The van der Waals surface area contributed by atoms with Crippen LogP contribution in [0.25, 0.3) is 10.6 Å². The Hall–Kier alpha value is -1.17. The third-order valence-electron chi connectivity index (χ3n) is 2.26. The van der Waals surface area contributed by atoms with Crippen LogP contribution in [0.5, 0.6) is 0 Å². The predicted molar refractivity (Wildman–Crippen MR) is 65.3 cm³/mol. The first-order valence-corrected chi connectivity index (χ1v) is 6.07. The molecule has 2 rings (SSSR count). The molecule has 0 atom stereocenters. The van der Waals surface area contributed by atoms with Crippen LogP contribution in [-0.4, -0.2) is 28.0 Å². The van der Waals surface area contributed by atoms with E-state index in [4.69, 9.17) is 5.11 Å². The highest BCUT2D eigenvalue weighted by Gasteiger charge is 2.10. The van der Waals surface area contributed by atoms with Gasteiger partial charge in [-0.2, -0.15) is 5.10 Å². The molecule has 86 valence electrons. The molecule has 0 radical (unpaired) electrons. The van der Waals surface area contributed by atoms with Crippen LogP contribution in [0.1, 0.15) is 5.56 Å². The third-order valence-corrected chi connectivity index (χ3v) is 3.14. The second-order valence-corrected chi connectivity index (χ2v) is 4.50. The maximum Gasteiger partial charge on any atom is 0.107 e. The Morgan fingerprint density at radius 3 is 3.12 bits per heavy atom. The van der Waals surface area contributed by atoms with Gasteiger partial charge in [0.25, 0.3) is 0 Å². The van der Waals surface area contributed by atoms with Gasteiger partial charge in [-0.05, 0) is 11.4 Å². The number of hydrogen-bond acceptors (Lipinski definition) is 4. The van der Waals surface area contributed by atoms with Crippen molar-refractivity contribution in [2.45, 2.75) is 6.54 Å². The summed E-state index contributed by atoms with van der Waals surface area (Å²) in [6, 6.07) is 4.10. The fourth-order valence-electron chi connectivity index (χ4n) is 1.59. The monoisotopic (exact) mass is 237 g/mol. The van der Waals surface area contributed by atoms with Gasteiger partial charge >= 0.3 is 0 Å². The summed E-state index contributed by atoms with van der Waals surface area (Å²) in [7, 11) is 1.92. The number of nitrogens with zero attached hydrogens (tertiary/aromatic N) is 2. The molecule has 0 aliphatic heterocycles. The van der Waals surface area contributed by atoms with Crippen LogP contribution in [0.3, 0.4) is 0 Å². The highest BCUT2D eigenvalue weighted by Crippen LogP contribution is 2.26. The first-order valence-electron chi connectivity index (χ1n) is 5.19. The van der Waals surface area contributed by atoms with Gasteiger partial charge in [-0.15, -0.1) is 11.3 Å². The Bertz CT molecular complexity index is 436. The van der Waals surface area contributed by atoms with Crippen molar-refractivity contribution in [3.8, 4) is 10.6 Å². The van der Waals surface area contributed by atoms with Crippen molar-refractivity contribution in [1.82, 2.24) is 15.1 Å². The Morgan fingerprint density at radius 1 is 1.56 bits per heavy atom. The van der Waals surface area contributed by atoms with E-state index < -0.39 is 0 Å². The summed E-state index contributed by atoms with van der Waals surface area (Å²) in [4.78, 5) is 1.18. The highest BCUT2D eigenvalue weighted by molar-refractivity contribution is 7.13. The van der Waals surface area contributed by atoms with E-state index in [0.29, 0.717) is 6.54 Å². The lowest BCUT2D eigenvalue weighted by molar-refractivity contribution is 0.292. The molecule has 0 bridgehead atoms. The molecule has 0 spiro atoms. The SMILES string of the molecule is Cn1cc(CNCCO)c(-c2cccs2)n1. The quantitative estimate of drug-likeness (QED) is 0.769. The minimum Gasteiger partial charge on any atom is -0.395 e. The topological polar surface area (TPSA) is 50.1 Å². The fraction of sp³-hybridized carbons (Fsp3) is 0.364. The Kier molecular flexibility index (Phi) is 3.71. The maximum atomic E-state index is 8.72. The molecule has 0 saturated heterocycles. The van der Waals surface area contributed by atoms with E-state index in [1.54, 1.807) is 11.3 Å². The number of thiophene rings is 1. The van der Waals surface area contributed by atoms with Crippen molar-refractivity contribution in [3.05, 3.63) is 29.3 Å². The van der Waals surface area contributed by atoms with E-state index in [1.807, 2.05) is 24.0 Å². The van der Waals surface area contributed by atoms with Gasteiger partial charge in [0.2, 0.25) is 0 Å². The average Bonchev–Trinajstić information content (AvgIpc) is 2.87. The summed E-state index contributed by atoms with van der Waals surface area (Å²) in [5.41, 5.74) is 2.20. The summed E-state index contributed by atoms with van der Waals surface area (Å²) in [5, 5.41) is 18.4. The molecule has 0 unspecified atom stereocenters. The molecular formula is C11H15N3OS. The smallest absolute Gasteiger partial charge is 0.107 e. The van der Waals surface area contributed by atoms with Gasteiger partial charge in [0, 0.05) is 31.9 Å². The molecular weight excluding hydrogens is 222 g/mol. The molecule has 0 aromatic carbocycles. The van der Waals surface area contributed by atoms with Gasteiger partial charge in [-0.1, -0.05) is 6.07 Å². The zero-order chi connectivity index (χ0) is 11.4. The summed E-state index contributed by atoms with van der Waals surface area (Å²) < 4.78 is 1.82. The largest absolute Gasteiger partial charge is 0.395 e. The molecule has 16 heavy (non-hydrogen) atoms. The lowest BCUT2D eigenvalue weighted by Gasteiger charge is -2.01. The van der Waals surface area contributed by atoms with Crippen LogP contribution in [0, 0.1) is 0 Å². The number of rotatable bonds is 5. The van der Waals surface area contributed by atoms with Gasteiger partial charge in [-0.3, -0.25) is 4.68 Å². The minimum atomic E-state index is 0.161. The van der Waals surface area contributed by atoms with Gasteiger partial charge in [-0.25, -0.2) is 0 Å².